The van der Waals surface area contributed by atoms with Crippen molar-refractivity contribution in [2.75, 3.05) is 13.7 Å². The minimum Gasteiger partial charge on any atom is -0.468 e. The minimum absolute atomic E-state index is 0. The highest BCUT2D eigenvalue weighted by atomic mass is 35.5. The first-order valence-electron chi connectivity index (χ1n) is 3.92. The van der Waals surface area contributed by atoms with Gasteiger partial charge in [0.05, 0.1) is 12.8 Å². The number of nitrogens with two attached hydrogens (primary N) is 1. The molecule has 0 fully saturated rings. The van der Waals surface area contributed by atoms with Crippen LogP contribution in [-0.4, -0.2) is 34.6 Å². The molecule has 0 saturated carbocycles. The molecular weight excluding hydrogens is 208 g/mol. The number of halogens is 1. The molecule has 0 amide bonds. The Kier molecular flexibility index (Phi) is 5.82. The Morgan fingerprint density at radius 1 is 1.71 bits per heavy atom. The minimum atomic E-state index is -0.343. The molecule has 0 spiro atoms. The van der Waals surface area contributed by atoms with Crippen LogP contribution in [0, 0.1) is 0 Å². The van der Waals surface area contributed by atoms with Crippen LogP contribution in [0.3, 0.4) is 0 Å². The molecule has 0 radical (unpaired) electrons. The molecule has 0 aliphatic heterocycles. The Morgan fingerprint density at radius 3 is 3.00 bits per heavy atom. The maximum Gasteiger partial charge on any atom is 0.327 e. The fourth-order valence-electron chi connectivity index (χ4n) is 0.875. The summed E-state index contributed by atoms with van der Waals surface area (Å²) in [6.45, 7) is 0.616. The van der Waals surface area contributed by atoms with Gasteiger partial charge in [-0.2, -0.15) is 0 Å². The summed E-state index contributed by atoms with van der Waals surface area (Å²) < 4.78 is 5.90. The molecule has 0 aliphatic rings. The summed E-state index contributed by atoms with van der Waals surface area (Å²) in [5.41, 5.74) is 6.11. The van der Waals surface area contributed by atoms with Crippen molar-refractivity contribution in [1.29, 1.82) is 0 Å². The zero-order chi connectivity index (χ0) is 9.68. The van der Waals surface area contributed by atoms with E-state index in [2.05, 4.69) is 15.0 Å². The van der Waals surface area contributed by atoms with E-state index in [1.807, 2.05) is 0 Å². The predicted octanol–water partition coefficient (Wildman–Crippen LogP) is -0.626. The molecule has 0 aliphatic carbocycles. The molecule has 0 unspecified atom stereocenters. The molecule has 14 heavy (non-hydrogen) atoms. The van der Waals surface area contributed by atoms with Crippen LogP contribution in [-0.2, 0) is 22.5 Å². The summed E-state index contributed by atoms with van der Waals surface area (Å²) >= 11 is 0. The predicted molar refractivity (Wildman–Crippen MR) is 52.0 cm³/mol. The molecule has 1 rings (SSSR count). The molecule has 2 N–H and O–H groups in total. The summed E-state index contributed by atoms with van der Waals surface area (Å²) in [6.07, 6.45) is 2.35. The number of carbonyl (C=O) groups is 1. The van der Waals surface area contributed by atoms with E-state index < -0.39 is 0 Å². The second-order valence-corrected chi connectivity index (χ2v) is 2.52. The monoisotopic (exact) mass is 220 g/mol. The van der Waals surface area contributed by atoms with Gasteiger partial charge in [0.25, 0.3) is 0 Å². The van der Waals surface area contributed by atoms with Crippen molar-refractivity contribution >= 4 is 18.4 Å². The van der Waals surface area contributed by atoms with Gasteiger partial charge in [-0.15, -0.1) is 17.5 Å². The highest BCUT2D eigenvalue weighted by Gasteiger charge is 2.04. The van der Waals surface area contributed by atoms with E-state index in [1.54, 1.807) is 6.20 Å². The number of hydrogen-bond donors (Lipinski definition) is 1. The van der Waals surface area contributed by atoms with Gasteiger partial charge in [-0.05, 0) is 6.54 Å². The van der Waals surface area contributed by atoms with Crippen molar-refractivity contribution < 1.29 is 9.53 Å². The number of ether oxygens (including phenoxy) is 1. The molecule has 0 atom stereocenters. The first-order valence-corrected chi connectivity index (χ1v) is 3.92. The van der Waals surface area contributed by atoms with Gasteiger partial charge in [0, 0.05) is 12.6 Å². The smallest absolute Gasteiger partial charge is 0.327 e. The standard InChI is InChI=1S/C7H12N4O2.ClH/c1-13-7(12)5-11-4-6(2-3-8)9-10-11;/h4H,2-3,5,8H2,1H3;1H. The molecule has 80 valence electrons. The Morgan fingerprint density at radius 2 is 2.43 bits per heavy atom. The highest BCUT2D eigenvalue weighted by molar-refractivity contribution is 5.85. The van der Waals surface area contributed by atoms with Crippen LogP contribution < -0.4 is 5.73 Å². The van der Waals surface area contributed by atoms with Gasteiger partial charge in [-0.1, -0.05) is 5.21 Å². The van der Waals surface area contributed by atoms with Gasteiger partial charge < -0.3 is 10.5 Å². The van der Waals surface area contributed by atoms with Crippen LogP contribution in [0.1, 0.15) is 5.69 Å². The fraction of sp³-hybridized carbons (Fsp3) is 0.571. The van der Waals surface area contributed by atoms with Gasteiger partial charge in [0.15, 0.2) is 0 Å². The summed E-state index contributed by atoms with van der Waals surface area (Å²) in [4.78, 5) is 10.8. The maximum atomic E-state index is 10.8. The lowest BCUT2D eigenvalue weighted by Crippen LogP contribution is -2.11. The maximum absolute atomic E-state index is 10.8. The van der Waals surface area contributed by atoms with Crippen molar-refractivity contribution in [2.24, 2.45) is 5.73 Å². The van der Waals surface area contributed by atoms with E-state index in [0.29, 0.717) is 13.0 Å². The third-order valence-corrected chi connectivity index (χ3v) is 1.51. The van der Waals surface area contributed by atoms with Crippen molar-refractivity contribution in [3.8, 4) is 0 Å². The van der Waals surface area contributed by atoms with Gasteiger partial charge in [0.1, 0.15) is 6.54 Å². The largest absolute Gasteiger partial charge is 0.468 e. The average molecular weight is 221 g/mol. The molecule has 1 aromatic rings. The number of hydrogen-bond acceptors (Lipinski definition) is 5. The lowest BCUT2D eigenvalue weighted by molar-refractivity contribution is -0.141. The third kappa shape index (κ3) is 3.71. The normalized spacial score (nSPS) is 9.29. The quantitative estimate of drug-likeness (QED) is 0.684. The topological polar surface area (TPSA) is 83.0 Å². The van der Waals surface area contributed by atoms with Gasteiger partial charge in [-0.3, -0.25) is 4.79 Å². The third-order valence-electron chi connectivity index (χ3n) is 1.51. The summed E-state index contributed by atoms with van der Waals surface area (Å²) in [5, 5.41) is 7.55. The van der Waals surface area contributed by atoms with E-state index in [9.17, 15) is 4.79 Å². The van der Waals surface area contributed by atoms with Crippen molar-refractivity contribution in [3.63, 3.8) is 0 Å². The lowest BCUT2D eigenvalue weighted by Gasteiger charge is -1.96. The summed E-state index contributed by atoms with van der Waals surface area (Å²) in [6, 6.07) is 0. The van der Waals surface area contributed by atoms with E-state index in [-0.39, 0.29) is 24.9 Å². The first kappa shape index (κ1) is 12.9. The number of esters is 1. The van der Waals surface area contributed by atoms with E-state index in [4.69, 9.17) is 5.73 Å². The number of nitrogens with zero attached hydrogens (tertiary/aromatic N) is 3. The van der Waals surface area contributed by atoms with Crippen LogP contribution in [0.15, 0.2) is 6.20 Å². The van der Waals surface area contributed by atoms with Gasteiger partial charge in [-0.25, -0.2) is 4.68 Å². The molecule has 0 saturated heterocycles. The highest BCUT2D eigenvalue weighted by Crippen LogP contribution is 1.93. The SMILES string of the molecule is COC(=O)Cn1cc(CCN)nn1.Cl. The van der Waals surface area contributed by atoms with E-state index >= 15 is 0 Å². The van der Waals surface area contributed by atoms with E-state index in [0.717, 1.165) is 5.69 Å². The molecule has 7 heteroatoms. The number of methoxy groups -OCH3 is 1. The van der Waals surface area contributed by atoms with Crippen molar-refractivity contribution in [2.45, 2.75) is 13.0 Å². The van der Waals surface area contributed by atoms with Crippen LogP contribution in [0.2, 0.25) is 0 Å². The summed E-state index contributed by atoms with van der Waals surface area (Å²) in [7, 11) is 1.33. The van der Waals surface area contributed by atoms with Crippen LogP contribution >= 0.6 is 12.4 Å². The van der Waals surface area contributed by atoms with Crippen molar-refractivity contribution in [3.05, 3.63) is 11.9 Å². The van der Waals surface area contributed by atoms with Crippen LogP contribution in [0.5, 0.6) is 0 Å². The lowest BCUT2D eigenvalue weighted by atomic mass is 10.3. The molecule has 0 bridgehead atoms. The van der Waals surface area contributed by atoms with Gasteiger partial charge in [0.2, 0.25) is 0 Å². The second kappa shape index (κ2) is 6.33. The molecule has 1 aromatic heterocycles. The number of rotatable bonds is 4. The molecule has 1 heterocycles. The summed E-state index contributed by atoms with van der Waals surface area (Å²) in [5.74, 6) is -0.343. The second-order valence-electron chi connectivity index (χ2n) is 2.52. The number of aromatic nitrogens is 3. The fourth-order valence-corrected chi connectivity index (χ4v) is 0.875. The number of carbonyl (C=O) groups excluding carboxylic acids is 1. The Hall–Kier alpha value is -1.14. The van der Waals surface area contributed by atoms with E-state index in [1.165, 1.54) is 11.8 Å². The van der Waals surface area contributed by atoms with Crippen LogP contribution in [0.4, 0.5) is 0 Å². The van der Waals surface area contributed by atoms with Gasteiger partial charge >= 0.3 is 5.97 Å². The first-order chi connectivity index (χ1) is 6.26. The zero-order valence-electron chi connectivity index (χ0n) is 7.84. The van der Waals surface area contributed by atoms with Crippen molar-refractivity contribution in [1.82, 2.24) is 15.0 Å². The molecule has 0 aromatic carbocycles. The molecular formula is C7H13ClN4O2. The molecule has 6 nitrogen and oxygen atoms in total. The Bertz CT molecular complexity index is 289. The Labute approximate surface area is 87.8 Å². The zero-order valence-corrected chi connectivity index (χ0v) is 8.66. The Balaban J connectivity index is 0.00000169. The average Bonchev–Trinajstić information content (AvgIpc) is 2.53. The van der Waals surface area contributed by atoms with Crippen LogP contribution in [0.25, 0.3) is 0 Å².